The van der Waals surface area contributed by atoms with Gasteiger partial charge in [-0.3, -0.25) is 14.5 Å². The van der Waals surface area contributed by atoms with Crippen LogP contribution in [0.25, 0.3) is 0 Å². The average Bonchev–Trinajstić information content (AvgIpc) is 2.79. The first kappa shape index (κ1) is 16.1. The van der Waals surface area contributed by atoms with Crippen LogP contribution in [-0.2, 0) is 15.4 Å². The number of piperazine rings is 1. The molecular formula is C17H22N2O5. The molecule has 0 unspecified atom stereocenters. The molecule has 0 radical (unpaired) electrons. The second kappa shape index (κ2) is 5.32. The molecule has 7 heteroatoms. The van der Waals surface area contributed by atoms with Crippen molar-refractivity contribution in [3.8, 4) is 0 Å². The molecule has 0 aromatic heterocycles. The molecule has 0 spiro atoms. The minimum absolute atomic E-state index is 0.187. The Morgan fingerprint density at radius 1 is 1.00 bits per heavy atom. The molecule has 1 aromatic rings. The SMILES string of the molecule is CON1[C@H]2CCCC[C@H]2N(OC)[C@@]2(O)c3ccccc3C(=O)[C@@]12O. The Bertz CT molecular complexity index is 683. The summed E-state index contributed by atoms with van der Waals surface area (Å²) in [6.07, 6.45) is 3.49. The van der Waals surface area contributed by atoms with Crippen molar-refractivity contribution in [1.29, 1.82) is 0 Å². The highest BCUT2D eigenvalue weighted by atomic mass is 16.7. The topological polar surface area (TPSA) is 82.5 Å². The standard InChI is InChI=1S/C17H22N2O5/c1-23-18-13-9-5-6-10-14(13)19(24-2)17(22)15(20)11-7-3-4-8-12(11)16(17,18)21/h3-4,7-8,13-14,21-22H,5-6,9-10H2,1-2H3/t13-,14+,16-,17+/m1/s1. The number of rotatable bonds is 2. The van der Waals surface area contributed by atoms with Gasteiger partial charge in [0.25, 0.3) is 5.72 Å². The number of fused-ring (bicyclic) bond motifs is 4. The van der Waals surface area contributed by atoms with Gasteiger partial charge in [0, 0.05) is 11.1 Å². The predicted molar refractivity (Wildman–Crippen MR) is 83.4 cm³/mol. The largest absolute Gasteiger partial charge is 0.366 e. The van der Waals surface area contributed by atoms with Crippen molar-refractivity contribution in [2.75, 3.05) is 14.2 Å². The number of carbonyl (C=O) groups is 1. The highest BCUT2D eigenvalue weighted by molar-refractivity contribution is 6.08. The van der Waals surface area contributed by atoms with Gasteiger partial charge in [-0.25, -0.2) is 0 Å². The van der Waals surface area contributed by atoms with Crippen LogP contribution in [0.2, 0.25) is 0 Å². The second-order valence-electron chi connectivity index (χ2n) is 6.66. The summed E-state index contributed by atoms with van der Waals surface area (Å²) in [5.74, 6) is -0.575. The summed E-state index contributed by atoms with van der Waals surface area (Å²) < 4.78 is 0. The Labute approximate surface area is 140 Å². The molecule has 4 atom stereocenters. The van der Waals surface area contributed by atoms with E-state index in [1.165, 1.54) is 24.3 Å². The van der Waals surface area contributed by atoms with Crippen molar-refractivity contribution in [3.63, 3.8) is 0 Å². The van der Waals surface area contributed by atoms with Gasteiger partial charge < -0.3 is 10.2 Å². The Hall–Kier alpha value is -1.35. The minimum atomic E-state index is -2.25. The zero-order chi connectivity index (χ0) is 17.1. The Morgan fingerprint density at radius 2 is 1.54 bits per heavy atom. The van der Waals surface area contributed by atoms with E-state index in [4.69, 9.17) is 9.68 Å². The first-order valence-electron chi connectivity index (χ1n) is 8.27. The van der Waals surface area contributed by atoms with Crippen molar-refractivity contribution in [3.05, 3.63) is 35.4 Å². The third-order valence-corrected chi connectivity index (χ3v) is 5.68. The van der Waals surface area contributed by atoms with E-state index >= 15 is 0 Å². The lowest BCUT2D eigenvalue weighted by Crippen LogP contribution is -2.79. The summed E-state index contributed by atoms with van der Waals surface area (Å²) in [5.41, 5.74) is -3.65. The van der Waals surface area contributed by atoms with E-state index in [0.29, 0.717) is 5.56 Å². The molecule has 0 bridgehead atoms. The Morgan fingerprint density at radius 3 is 2.12 bits per heavy atom. The van der Waals surface area contributed by atoms with Crippen LogP contribution < -0.4 is 0 Å². The molecule has 1 heterocycles. The van der Waals surface area contributed by atoms with Gasteiger partial charge in [0.1, 0.15) is 0 Å². The van der Waals surface area contributed by atoms with Gasteiger partial charge in [-0.15, -0.1) is 10.1 Å². The van der Waals surface area contributed by atoms with E-state index in [0.717, 1.165) is 25.7 Å². The van der Waals surface area contributed by atoms with E-state index in [1.54, 1.807) is 24.3 Å². The maximum absolute atomic E-state index is 13.0. The number of benzene rings is 1. The van der Waals surface area contributed by atoms with Crippen LogP contribution >= 0.6 is 0 Å². The minimum Gasteiger partial charge on any atom is -0.366 e. The quantitative estimate of drug-likeness (QED) is 0.826. The zero-order valence-corrected chi connectivity index (χ0v) is 13.8. The summed E-state index contributed by atoms with van der Waals surface area (Å²) in [6, 6.07) is 6.27. The third kappa shape index (κ3) is 1.64. The van der Waals surface area contributed by atoms with E-state index < -0.39 is 17.2 Å². The van der Waals surface area contributed by atoms with Crippen molar-refractivity contribution in [1.82, 2.24) is 10.1 Å². The molecule has 1 aliphatic heterocycles. The molecule has 7 nitrogen and oxygen atoms in total. The molecule has 24 heavy (non-hydrogen) atoms. The van der Waals surface area contributed by atoms with Crippen molar-refractivity contribution in [2.45, 2.75) is 49.2 Å². The van der Waals surface area contributed by atoms with E-state index in [2.05, 4.69) is 0 Å². The number of ketones is 1. The van der Waals surface area contributed by atoms with Gasteiger partial charge in [-0.05, 0) is 12.8 Å². The number of hydrogen-bond donors (Lipinski definition) is 2. The van der Waals surface area contributed by atoms with Crippen LogP contribution in [0.4, 0.5) is 0 Å². The Balaban J connectivity index is 1.97. The summed E-state index contributed by atoms with van der Waals surface area (Å²) >= 11 is 0. The fraction of sp³-hybridized carbons (Fsp3) is 0.588. The molecule has 4 rings (SSSR count). The molecule has 130 valence electrons. The van der Waals surface area contributed by atoms with E-state index in [-0.39, 0.29) is 17.6 Å². The average molecular weight is 334 g/mol. The number of nitrogens with zero attached hydrogens (tertiary/aromatic N) is 2. The fourth-order valence-electron chi connectivity index (χ4n) is 4.70. The number of Topliss-reactive ketones (excluding diaryl/α,β-unsaturated/α-hetero) is 1. The summed E-state index contributed by atoms with van der Waals surface area (Å²) in [5, 5.41) is 25.7. The maximum Gasteiger partial charge on any atom is 0.255 e. The smallest absolute Gasteiger partial charge is 0.255 e. The lowest BCUT2D eigenvalue weighted by atomic mass is 9.81. The first-order chi connectivity index (χ1) is 11.5. The molecule has 1 saturated carbocycles. The van der Waals surface area contributed by atoms with Crippen molar-refractivity contribution >= 4 is 5.78 Å². The lowest BCUT2D eigenvalue weighted by molar-refractivity contribution is -0.455. The van der Waals surface area contributed by atoms with E-state index in [9.17, 15) is 15.0 Å². The summed E-state index contributed by atoms with van der Waals surface area (Å²) in [4.78, 5) is 24.0. The molecule has 1 saturated heterocycles. The second-order valence-corrected chi connectivity index (χ2v) is 6.66. The van der Waals surface area contributed by atoms with Crippen molar-refractivity contribution in [2.24, 2.45) is 0 Å². The van der Waals surface area contributed by atoms with Crippen LogP contribution in [0.1, 0.15) is 41.6 Å². The molecule has 2 fully saturated rings. The van der Waals surface area contributed by atoms with Crippen LogP contribution in [-0.4, -0.2) is 58.2 Å². The number of carbonyl (C=O) groups excluding carboxylic acids is 1. The van der Waals surface area contributed by atoms with Crippen LogP contribution in [0.15, 0.2) is 24.3 Å². The number of hydroxylamine groups is 4. The van der Waals surface area contributed by atoms with Crippen LogP contribution in [0.3, 0.4) is 0 Å². The predicted octanol–water partition coefficient (Wildman–Crippen LogP) is 0.768. The lowest BCUT2D eigenvalue weighted by Gasteiger charge is -2.59. The third-order valence-electron chi connectivity index (χ3n) is 5.68. The molecule has 2 N–H and O–H groups in total. The summed E-state index contributed by atoms with van der Waals surface area (Å²) in [6.45, 7) is 0. The molecule has 3 aliphatic rings. The molecule has 1 aromatic carbocycles. The monoisotopic (exact) mass is 334 g/mol. The fourth-order valence-corrected chi connectivity index (χ4v) is 4.70. The molecular weight excluding hydrogens is 312 g/mol. The maximum atomic E-state index is 13.0. The van der Waals surface area contributed by atoms with Crippen molar-refractivity contribution < 1.29 is 24.7 Å². The van der Waals surface area contributed by atoms with Gasteiger partial charge in [0.15, 0.2) is 0 Å². The highest BCUT2D eigenvalue weighted by Gasteiger charge is 2.75. The van der Waals surface area contributed by atoms with Crippen LogP contribution in [0.5, 0.6) is 0 Å². The zero-order valence-electron chi connectivity index (χ0n) is 13.8. The number of hydrogen-bond acceptors (Lipinski definition) is 7. The number of aliphatic hydroxyl groups is 2. The highest BCUT2D eigenvalue weighted by Crippen LogP contribution is 2.54. The first-order valence-corrected chi connectivity index (χ1v) is 8.27. The van der Waals surface area contributed by atoms with Crippen LogP contribution in [0, 0.1) is 0 Å². The van der Waals surface area contributed by atoms with E-state index in [1.807, 2.05) is 0 Å². The van der Waals surface area contributed by atoms with Gasteiger partial charge in [-0.2, -0.15) is 0 Å². The summed E-state index contributed by atoms with van der Waals surface area (Å²) in [7, 11) is 2.88. The normalized spacial score (nSPS) is 39.4. The van der Waals surface area contributed by atoms with Gasteiger partial charge in [-0.1, -0.05) is 37.1 Å². The Kier molecular flexibility index (Phi) is 3.58. The van der Waals surface area contributed by atoms with Gasteiger partial charge in [0.05, 0.1) is 26.3 Å². The molecule has 0 amide bonds. The molecule has 2 aliphatic carbocycles. The van der Waals surface area contributed by atoms with Gasteiger partial charge in [0.2, 0.25) is 11.5 Å². The van der Waals surface area contributed by atoms with Gasteiger partial charge >= 0.3 is 0 Å².